The molecule has 148 valence electrons. The van der Waals surface area contributed by atoms with Gasteiger partial charge in [0, 0.05) is 22.7 Å². The number of ether oxygens (including phenoxy) is 1. The SMILES string of the molecule is CCc1nnc2sc(-c3cccc(NC(=O)COc4ccc(Cl)c(C)c4)c3)nn12. The largest absolute Gasteiger partial charge is 0.484 e. The number of hydrogen-bond acceptors (Lipinski definition) is 6. The van der Waals surface area contributed by atoms with Crippen molar-refractivity contribution in [2.24, 2.45) is 0 Å². The molecule has 0 unspecified atom stereocenters. The number of carbonyl (C=O) groups is 1. The lowest BCUT2D eigenvalue weighted by molar-refractivity contribution is -0.118. The Balaban J connectivity index is 1.44. The second kappa shape index (κ2) is 8.18. The van der Waals surface area contributed by atoms with Gasteiger partial charge in [0.15, 0.2) is 12.4 Å². The lowest BCUT2D eigenvalue weighted by Gasteiger charge is -2.09. The summed E-state index contributed by atoms with van der Waals surface area (Å²) in [5, 5.41) is 17.2. The third kappa shape index (κ3) is 4.23. The van der Waals surface area contributed by atoms with E-state index in [9.17, 15) is 4.79 Å². The molecule has 0 aliphatic carbocycles. The van der Waals surface area contributed by atoms with Crippen LogP contribution in [0.1, 0.15) is 18.3 Å². The molecule has 0 aliphatic rings. The Morgan fingerprint density at radius 3 is 2.90 bits per heavy atom. The number of benzene rings is 2. The number of aryl methyl sites for hydroxylation is 2. The maximum Gasteiger partial charge on any atom is 0.262 e. The van der Waals surface area contributed by atoms with E-state index in [-0.39, 0.29) is 12.5 Å². The highest BCUT2D eigenvalue weighted by atomic mass is 35.5. The van der Waals surface area contributed by atoms with Crippen LogP contribution in [0.4, 0.5) is 5.69 Å². The number of carbonyl (C=O) groups excluding carboxylic acids is 1. The molecule has 2 aromatic heterocycles. The Morgan fingerprint density at radius 2 is 2.10 bits per heavy atom. The van der Waals surface area contributed by atoms with Crippen LogP contribution in [0.5, 0.6) is 5.75 Å². The van der Waals surface area contributed by atoms with Gasteiger partial charge in [-0.3, -0.25) is 4.79 Å². The summed E-state index contributed by atoms with van der Waals surface area (Å²) in [5.74, 6) is 1.17. The second-order valence-electron chi connectivity index (χ2n) is 6.40. The zero-order valence-corrected chi connectivity index (χ0v) is 17.4. The van der Waals surface area contributed by atoms with Crippen LogP contribution in [0.15, 0.2) is 42.5 Å². The molecule has 4 rings (SSSR count). The van der Waals surface area contributed by atoms with Gasteiger partial charge in [0.05, 0.1) is 0 Å². The first-order valence-electron chi connectivity index (χ1n) is 9.04. The molecule has 0 bridgehead atoms. The first-order valence-corrected chi connectivity index (χ1v) is 10.2. The van der Waals surface area contributed by atoms with Gasteiger partial charge < -0.3 is 10.1 Å². The van der Waals surface area contributed by atoms with Crippen LogP contribution in [0.25, 0.3) is 15.5 Å². The lowest BCUT2D eigenvalue weighted by atomic mass is 10.2. The van der Waals surface area contributed by atoms with Crippen LogP contribution in [-0.4, -0.2) is 32.3 Å². The third-order valence-electron chi connectivity index (χ3n) is 4.26. The number of nitrogens with zero attached hydrogens (tertiary/aromatic N) is 4. The van der Waals surface area contributed by atoms with Crippen molar-refractivity contribution < 1.29 is 9.53 Å². The van der Waals surface area contributed by atoms with Gasteiger partial charge in [-0.15, -0.1) is 10.2 Å². The average molecular weight is 428 g/mol. The number of rotatable bonds is 6. The lowest BCUT2D eigenvalue weighted by Crippen LogP contribution is -2.20. The van der Waals surface area contributed by atoms with Crippen LogP contribution in [0.3, 0.4) is 0 Å². The van der Waals surface area contributed by atoms with Gasteiger partial charge in [0.2, 0.25) is 4.96 Å². The number of aromatic nitrogens is 4. The van der Waals surface area contributed by atoms with E-state index in [2.05, 4.69) is 20.6 Å². The molecule has 0 atom stereocenters. The molecule has 0 aliphatic heterocycles. The van der Waals surface area contributed by atoms with Gasteiger partial charge in [0.25, 0.3) is 5.91 Å². The Hall–Kier alpha value is -2.97. The summed E-state index contributed by atoms with van der Waals surface area (Å²) < 4.78 is 7.30. The molecule has 0 spiro atoms. The van der Waals surface area contributed by atoms with E-state index < -0.39 is 0 Å². The summed E-state index contributed by atoms with van der Waals surface area (Å²) in [6, 6.07) is 12.8. The van der Waals surface area contributed by atoms with Crippen molar-refractivity contribution in [3.05, 3.63) is 58.9 Å². The standard InChI is InChI=1S/C20H18ClN5O2S/c1-3-17-23-24-20-26(17)25-19(29-20)13-5-4-6-14(10-13)22-18(27)11-28-15-7-8-16(21)12(2)9-15/h4-10H,3,11H2,1-2H3,(H,22,27). The van der Waals surface area contributed by atoms with Crippen molar-refractivity contribution in [2.75, 3.05) is 11.9 Å². The fourth-order valence-electron chi connectivity index (χ4n) is 2.78. The first kappa shape index (κ1) is 19.4. The van der Waals surface area contributed by atoms with Gasteiger partial charge in [0.1, 0.15) is 10.8 Å². The van der Waals surface area contributed by atoms with Crippen molar-refractivity contribution in [1.82, 2.24) is 19.8 Å². The summed E-state index contributed by atoms with van der Waals surface area (Å²) in [7, 11) is 0. The Bertz CT molecular complexity index is 1190. The van der Waals surface area contributed by atoms with Crippen LogP contribution < -0.4 is 10.1 Å². The fraction of sp³-hybridized carbons (Fsp3) is 0.200. The summed E-state index contributed by atoms with van der Waals surface area (Å²) >= 11 is 7.46. The Morgan fingerprint density at radius 1 is 1.24 bits per heavy atom. The molecule has 0 radical (unpaired) electrons. The predicted octanol–water partition coefficient (Wildman–Crippen LogP) is 4.39. The number of anilines is 1. The average Bonchev–Trinajstić information content (AvgIpc) is 3.30. The minimum Gasteiger partial charge on any atom is -0.484 e. The molecule has 9 heteroatoms. The minimum atomic E-state index is -0.249. The molecular formula is C20H18ClN5O2S. The zero-order valence-electron chi connectivity index (χ0n) is 15.8. The van der Waals surface area contributed by atoms with E-state index in [1.807, 2.05) is 38.1 Å². The van der Waals surface area contributed by atoms with Gasteiger partial charge in [-0.05, 0) is 42.8 Å². The molecule has 1 amide bonds. The van der Waals surface area contributed by atoms with Crippen molar-refractivity contribution in [1.29, 1.82) is 0 Å². The number of amides is 1. The van der Waals surface area contributed by atoms with Crippen molar-refractivity contribution in [2.45, 2.75) is 20.3 Å². The zero-order chi connectivity index (χ0) is 20.4. The predicted molar refractivity (Wildman–Crippen MR) is 114 cm³/mol. The summed E-state index contributed by atoms with van der Waals surface area (Å²) in [6.45, 7) is 3.80. The minimum absolute atomic E-state index is 0.0953. The molecule has 1 N–H and O–H groups in total. The van der Waals surface area contributed by atoms with E-state index >= 15 is 0 Å². The highest BCUT2D eigenvalue weighted by molar-refractivity contribution is 7.19. The molecule has 2 aromatic carbocycles. The number of nitrogens with one attached hydrogen (secondary N) is 1. The number of hydrogen-bond donors (Lipinski definition) is 1. The summed E-state index contributed by atoms with van der Waals surface area (Å²) in [6.07, 6.45) is 0.758. The number of halogens is 1. The normalized spacial score (nSPS) is 11.0. The quantitative estimate of drug-likeness (QED) is 0.493. The van der Waals surface area contributed by atoms with Gasteiger partial charge in [-0.1, -0.05) is 42.0 Å². The first-order chi connectivity index (χ1) is 14.0. The molecule has 0 saturated heterocycles. The fourth-order valence-corrected chi connectivity index (χ4v) is 3.75. The van der Waals surface area contributed by atoms with E-state index in [1.165, 1.54) is 11.3 Å². The van der Waals surface area contributed by atoms with Gasteiger partial charge in [-0.2, -0.15) is 9.61 Å². The highest BCUT2D eigenvalue weighted by Crippen LogP contribution is 2.27. The van der Waals surface area contributed by atoms with Crippen LogP contribution in [0.2, 0.25) is 5.02 Å². The van der Waals surface area contributed by atoms with E-state index in [4.69, 9.17) is 16.3 Å². The van der Waals surface area contributed by atoms with E-state index in [0.717, 1.165) is 33.3 Å². The Labute approximate surface area is 176 Å². The van der Waals surface area contributed by atoms with Gasteiger partial charge >= 0.3 is 0 Å². The van der Waals surface area contributed by atoms with Crippen LogP contribution >= 0.6 is 22.9 Å². The van der Waals surface area contributed by atoms with E-state index in [1.54, 1.807) is 22.7 Å². The van der Waals surface area contributed by atoms with Crippen molar-refractivity contribution in [3.8, 4) is 16.3 Å². The molecular weight excluding hydrogens is 410 g/mol. The highest BCUT2D eigenvalue weighted by Gasteiger charge is 2.13. The van der Waals surface area contributed by atoms with Crippen LogP contribution in [0, 0.1) is 6.92 Å². The monoisotopic (exact) mass is 427 g/mol. The topological polar surface area (TPSA) is 81.4 Å². The summed E-state index contributed by atoms with van der Waals surface area (Å²) in [4.78, 5) is 13.0. The molecule has 0 saturated carbocycles. The van der Waals surface area contributed by atoms with Gasteiger partial charge in [-0.25, -0.2) is 0 Å². The van der Waals surface area contributed by atoms with Crippen LogP contribution in [-0.2, 0) is 11.2 Å². The smallest absolute Gasteiger partial charge is 0.262 e. The molecule has 7 nitrogen and oxygen atoms in total. The van der Waals surface area contributed by atoms with Crippen molar-refractivity contribution in [3.63, 3.8) is 0 Å². The molecule has 29 heavy (non-hydrogen) atoms. The maximum absolute atomic E-state index is 12.3. The third-order valence-corrected chi connectivity index (χ3v) is 5.64. The molecule has 0 fully saturated rings. The van der Waals surface area contributed by atoms with Crippen molar-refractivity contribution >= 4 is 39.5 Å². The number of fused-ring (bicyclic) bond motifs is 1. The Kier molecular flexibility index (Phi) is 5.46. The second-order valence-corrected chi connectivity index (χ2v) is 7.76. The molecule has 4 aromatic rings. The molecule has 2 heterocycles. The van der Waals surface area contributed by atoms with E-state index in [0.29, 0.717) is 16.5 Å². The summed E-state index contributed by atoms with van der Waals surface area (Å²) in [5.41, 5.74) is 2.47. The maximum atomic E-state index is 12.3.